The number of para-hydroxylation sites is 1. The van der Waals surface area contributed by atoms with Gasteiger partial charge in [-0.05, 0) is 43.4 Å². The van der Waals surface area contributed by atoms with Crippen molar-refractivity contribution >= 4 is 11.6 Å². The molecule has 0 aliphatic heterocycles. The number of nitrogens with one attached hydrogen (secondary N) is 1. The Kier molecular flexibility index (Phi) is 7.97. The first-order valence-corrected chi connectivity index (χ1v) is 7.79. The Morgan fingerprint density at radius 1 is 1.20 bits per heavy atom. The van der Waals surface area contributed by atoms with Crippen molar-refractivity contribution in [1.29, 1.82) is 0 Å². The third-order valence-corrected chi connectivity index (χ3v) is 3.72. The second-order valence-corrected chi connectivity index (χ2v) is 5.33. The lowest BCUT2D eigenvalue weighted by Crippen LogP contribution is -2.16. The Bertz CT molecular complexity index is 398. The lowest BCUT2D eigenvalue weighted by molar-refractivity contribution is -0.116. The molecule has 1 aromatic rings. The number of nitrogens with two attached hydrogens (primary N) is 1. The van der Waals surface area contributed by atoms with Gasteiger partial charge in [0.05, 0.1) is 0 Å². The lowest BCUT2D eigenvalue weighted by atomic mass is 9.94. The van der Waals surface area contributed by atoms with Crippen molar-refractivity contribution in [2.24, 2.45) is 11.7 Å². The smallest absolute Gasteiger partial charge is 0.224 e. The first-order chi connectivity index (χ1) is 9.71. The van der Waals surface area contributed by atoms with Crippen molar-refractivity contribution < 1.29 is 4.79 Å². The number of carbonyl (C=O) groups is 1. The third kappa shape index (κ3) is 5.74. The maximum Gasteiger partial charge on any atom is 0.224 e. The summed E-state index contributed by atoms with van der Waals surface area (Å²) in [5.74, 6) is 0.696. The van der Waals surface area contributed by atoms with Crippen LogP contribution in [-0.2, 0) is 11.2 Å². The molecule has 0 fully saturated rings. The van der Waals surface area contributed by atoms with Gasteiger partial charge in [0, 0.05) is 12.1 Å². The molecule has 3 heteroatoms. The highest BCUT2D eigenvalue weighted by molar-refractivity contribution is 5.91. The molecule has 0 saturated carbocycles. The largest absolute Gasteiger partial charge is 0.330 e. The van der Waals surface area contributed by atoms with Crippen LogP contribution in [0.4, 0.5) is 5.69 Å². The molecule has 0 radical (unpaired) electrons. The van der Waals surface area contributed by atoms with Crippen LogP contribution in [0.15, 0.2) is 24.3 Å². The second kappa shape index (κ2) is 9.54. The Morgan fingerprint density at radius 2 is 1.95 bits per heavy atom. The van der Waals surface area contributed by atoms with E-state index in [0.717, 1.165) is 37.8 Å². The monoisotopic (exact) mass is 276 g/mol. The molecule has 1 rings (SSSR count). The van der Waals surface area contributed by atoms with E-state index in [4.69, 9.17) is 5.73 Å². The van der Waals surface area contributed by atoms with E-state index in [2.05, 4.69) is 25.2 Å². The topological polar surface area (TPSA) is 55.1 Å². The van der Waals surface area contributed by atoms with Crippen molar-refractivity contribution in [1.82, 2.24) is 0 Å². The number of carbonyl (C=O) groups excluding carboxylic acids is 1. The van der Waals surface area contributed by atoms with Crippen LogP contribution >= 0.6 is 0 Å². The van der Waals surface area contributed by atoms with Crippen LogP contribution in [0.25, 0.3) is 0 Å². The SMILES string of the molecule is CCCC(CCN)CCC(=O)Nc1ccccc1CC. The molecule has 0 aliphatic rings. The minimum absolute atomic E-state index is 0.115. The van der Waals surface area contributed by atoms with Crippen molar-refractivity contribution in [3.05, 3.63) is 29.8 Å². The maximum absolute atomic E-state index is 12.1. The number of anilines is 1. The molecule has 0 heterocycles. The van der Waals surface area contributed by atoms with Gasteiger partial charge in [0.25, 0.3) is 0 Å². The summed E-state index contributed by atoms with van der Waals surface area (Å²) < 4.78 is 0. The fourth-order valence-electron chi connectivity index (χ4n) is 2.58. The predicted octanol–water partition coefficient (Wildman–Crippen LogP) is 3.73. The number of hydrogen-bond donors (Lipinski definition) is 2. The van der Waals surface area contributed by atoms with E-state index < -0.39 is 0 Å². The number of benzene rings is 1. The minimum atomic E-state index is 0.115. The Hall–Kier alpha value is -1.35. The highest BCUT2D eigenvalue weighted by Gasteiger charge is 2.11. The molecule has 1 unspecified atom stereocenters. The summed E-state index contributed by atoms with van der Waals surface area (Å²) in [6, 6.07) is 8.00. The normalized spacial score (nSPS) is 12.2. The lowest BCUT2D eigenvalue weighted by Gasteiger charge is -2.15. The Balaban J connectivity index is 2.46. The van der Waals surface area contributed by atoms with Crippen LogP contribution in [0.5, 0.6) is 0 Å². The van der Waals surface area contributed by atoms with Gasteiger partial charge in [-0.3, -0.25) is 4.79 Å². The Morgan fingerprint density at radius 3 is 2.60 bits per heavy atom. The number of rotatable bonds is 9. The molecule has 0 spiro atoms. The van der Waals surface area contributed by atoms with Gasteiger partial charge < -0.3 is 11.1 Å². The van der Waals surface area contributed by atoms with Gasteiger partial charge in [-0.15, -0.1) is 0 Å². The van der Waals surface area contributed by atoms with Crippen LogP contribution in [-0.4, -0.2) is 12.5 Å². The molecule has 112 valence electrons. The van der Waals surface area contributed by atoms with Gasteiger partial charge in [0.2, 0.25) is 5.91 Å². The standard InChI is InChI=1S/C17H28N2O/c1-3-7-14(12-13-18)10-11-17(20)19-16-9-6-5-8-15(16)4-2/h5-6,8-9,14H,3-4,7,10-13,18H2,1-2H3,(H,19,20). The number of aryl methyl sites for hydroxylation is 1. The molecule has 1 amide bonds. The van der Waals surface area contributed by atoms with Crippen LogP contribution in [0, 0.1) is 5.92 Å². The quantitative estimate of drug-likeness (QED) is 0.722. The van der Waals surface area contributed by atoms with E-state index in [1.165, 1.54) is 5.56 Å². The summed E-state index contributed by atoms with van der Waals surface area (Å²) in [6.07, 6.45) is 5.80. The summed E-state index contributed by atoms with van der Waals surface area (Å²) >= 11 is 0. The summed E-state index contributed by atoms with van der Waals surface area (Å²) in [5.41, 5.74) is 7.76. The molecular weight excluding hydrogens is 248 g/mol. The zero-order chi connectivity index (χ0) is 14.8. The molecule has 3 N–H and O–H groups in total. The van der Waals surface area contributed by atoms with Crippen LogP contribution in [0.3, 0.4) is 0 Å². The first kappa shape index (κ1) is 16.7. The molecule has 3 nitrogen and oxygen atoms in total. The fourth-order valence-corrected chi connectivity index (χ4v) is 2.58. The van der Waals surface area contributed by atoms with E-state index in [1.807, 2.05) is 18.2 Å². The first-order valence-electron chi connectivity index (χ1n) is 7.79. The van der Waals surface area contributed by atoms with Crippen molar-refractivity contribution in [2.75, 3.05) is 11.9 Å². The number of hydrogen-bond acceptors (Lipinski definition) is 2. The van der Waals surface area contributed by atoms with E-state index in [9.17, 15) is 4.79 Å². The molecule has 0 saturated heterocycles. The van der Waals surface area contributed by atoms with Gasteiger partial charge in [0.1, 0.15) is 0 Å². The van der Waals surface area contributed by atoms with Crippen LogP contribution < -0.4 is 11.1 Å². The average molecular weight is 276 g/mol. The van der Waals surface area contributed by atoms with Gasteiger partial charge in [-0.2, -0.15) is 0 Å². The summed E-state index contributed by atoms with van der Waals surface area (Å²) in [7, 11) is 0. The highest BCUT2D eigenvalue weighted by atomic mass is 16.1. The van der Waals surface area contributed by atoms with Crippen LogP contribution in [0.1, 0.15) is 51.5 Å². The highest BCUT2D eigenvalue weighted by Crippen LogP contribution is 2.19. The van der Waals surface area contributed by atoms with Crippen LogP contribution in [0.2, 0.25) is 0 Å². The van der Waals surface area contributed by atoms with Crippen molar-refractivity contribution in [3.63, 3.8) is 0 Å². The van der Waals surface area contributed by atoms with Crippen molar-refractivity contribution in [3.8, 4) is 0 Å². The molecule has 20 heavy (non-hydrogen) atoms. The van der Waals surface area contributed by atoms with E-state index >= 15 is 0 Å². The van der Waals surface area contributed by atoms with E-state index in [0.29, 0.717) is 18.9 Å². The van der Waals surface area contributed by atoms with Crippen molar-refractivity contribution in [2.45, 2.75) is 52.4 Å². The summed E-state index contributed by atoms with van der Waals surface area (Å²) in [4.78, 5) is 12.1. The summed E-state index contributed by atoms with van der Waals surface area (Å²) in [6.45, 7) is 5.00. The Labute approximate surface area is 122 Å². The van der Waals surface area contributed by atoms with E-state index in [1.54, 1.807) is 0 Å². The minimum Gasteiger partial charge on any atom is -0.330 e. The zero-order valence-electron chi connectivity index (χ0n) is 12.8. The van der Waals surface area contributed by atoms with Gasteiger partial charge in [0.15, 0.2) is 0 Å². The molecular formula is C17H28N2O. The van der Waals surface area contributed by atoms with Gasteiger partial charge in [-0.1, -0.05) is 44.9 Å². The molecule has 1 aromatic carbocycles. The maximum atomic E-state index is 12.1. The summed E-state index contributed by atoms with van der Waals surface area (Å²) in [5, 5.41) is 3.03. The van der Waals surface area contributed by atoms with E-state index in [-0.39, 0.29) is 5.91 Å². The van der Waals surface area contributed by atoms with Gasteiger partial charge >= 0.3 is 0 Å². The molecule has 0 aliphatic carbocycles. The average Bonchev–Trinajstić information content (AvgIpc) is 2.46. The second-order valence-electron chi connectivity index (χ2n) is 5.33. The predicted molar refractivity (Wildman–Crippen MR) is 85.8 cm³/mol. The number of amides is 1. The molecule has 0 bridgehead atoms. The molecule has 1 atom stereocenters. The third-order valence-electron chi connectivity index (χ3n) is 3.72. The fraction of sp³-hybridized carbons (Fsp3) is 0.588. The van der Waals surface area contributed by atoms with Gasteiger partial charge in [-0.25, -0.2) is 0 Å². The molecule has 0 aromatic heterocycles. The zero-order valence-corrected chi connectivity index (χ0v) is 12.8.